The number of benzene rings is 1. The van der Waals surface area contributed by atoms with Gasteiger partial charge in [0.25, 0.3) is 0 Å². The lowest BCUT2D eigenvalue weighted by atomic mass is 9.91. The molecule has 0 bridgehead atoms. The molecule has 0 unspecified atom stereocenters. The van der Waals surface area contributed by atoms with Gasteiger partial charge in [0.1, 0.15) is 0 Å². The average Bonchev–Trinajstić information content (AvgIpc) is 2.32. The van der Waals surface area contributed by atoms with E-state index in [4.69, 9.17) is 28.3 Å². The van der Waals surface area contributed by atoms with Gasteiger partial charge in [0.2, 0.25) is 5.91 Å². The summed E-state index contributed by atoms with van der Waals surface area (Å²) >= 11 is 11.9. The predicted octanol–water partition coefficient (Wildman–Crippen LogP) is 2.78. The van der Waals surface area contributed by atoms with Gasteiger partial charge >= 0.3 is 0 Å². The van der Waals surface area contributed by atoms with Gasteiger partial charge in [0.05, 0.1) is 23.9 Å². The highest BCUT2D eigenvalue weighted by atomic mass is 35.5. The lowest BCUT2D eigenvalue weighted by molar-refractivity contribution is -0.118. The predicted molar refractivity (Wildman–Crippen MR) is 81.4 cm³/mol. The third kappa shape index (κ3) is 4.09. The number of aliphatic hydroxyl groups is 1. The van der Waals surface area contributed by atoms with E-state index in [9.17, 15) is 4.79 Å². The second kappa shape index (κ2) is 7.27. The first-order chi connectivity index (χ1) is 9.60. The van der Waals surface area contributed by atoms with E-state index in [1.165, 1.54) is 6.42 Å². The summed E-state index contributed by atoms with van der Waals surface area (Å²) in [5.41, 5.74) is 0.515. The average molecular weight is 317 g/mol. The summed E-state index contributed by atoms with van der Waals surface area (Å²) < 4.78 is 0. The number of anilines is 1. The van der Waals surface area contributed by atoms with Crippen molar-refractivity contribution in [3.63, 3.8) is 0 Å². The highest BCUT2D eigenvalue weighted by molar-refractivity contribution is 6.35. The molecule has 110 valence electrons. The molecule has 1 aromatic rings. The molecule has 1 aromatic carbocycles. The molecule has 1 aliphatic rings. The molecular weight excluding hydrogens is 299 g/mol. The van der Waals surface area contributed by atoms with Gasteiger partial charge in [-0.05, 0) is 31.0 Å². The van der Waals surface area contributed by atoms with Crippen LogP contribution in [0.25, 0.3) is 0 Å². The second-order valence-corrected chi connectivity index (χ2v) is 5.79. The summed E-state index contributed by atoms with van der Waals surface area (Å²) in [5, 5.41) is 12.8. The Morgan fingerprint density at radius 3 is 2.75 bits per heavy atom. The maximum atomic E-state index is 12.1. The number of hydrogen-bond donors (Lipinski definition) is 2. The molecule has 0 heterocycles. The van der Waals surface area contributed by atoms with Crippen molar-refractivity contribution in [2.75, 3.05) is 25.0 Å². The van der Waals surface area contributed by atoms with E-state index < -0.39 is 0 Å². The molecule has 0 saturated heterocycles. The first kappa shape index (κ1) is 15.6. The van der Waals surface area contributed by atoms with Gasteiger partial charge in [-0.2, -0.15) is 0 Å². The van der Waals surface area contributed by atoms with Crippen LogP contribution in [0.4, 0.5) is 5.69 Å². The molecule has 4 nitrogen and oxygen atoms in total. The molecular formula is C14H18Cl2N2O2. The summed E-state index contributed by atoms with van der Waals surface area (Å²) in [4.78, 5) is 14.1. The van der Waals surface area contributed by atoms with Gasteiger partial charge in [-0.15, -0.1) is 0 Å². The maximum Gasteiger partial charge on any atom is 0.238 e. The van der Waals surface area contributed by atoms with Crippen molar-refractivity contribution >= 4 is 34.8 Å². The Hall–Kier alpha value is -0.810. The van der Waals surface area contributed by atoms with Gasteiger partial charge in [-0.1, -0.05) is 29.6 Å². The molecule has 20 heavy (non-hydrogen) atoms. The van der Waals surface area contributed by atoms with Crippen LogP contribution in [0, 0.1) is 0 Å². The molecule has 0 spiro atoms. The molecule has 0 atom stereocenters. The smallest absolute Gasteiger partial charge is 0.238 e. The van der Waals surface area contributed by atoms with Crippen molar-refractivity contribution < 1.29 is 9.90 Å². The highest BCUT2D eigenvalue weighted by Crippen LogP contribution is 2.26. The fraction of sp³-hybridized carbons (Fsp3) is 0.500. The van der Waals surface area contributed by atoms with Crippen molar-refractivity contribution in [1.29, 1.82) is 0 Å². The van der Waals surface area contributed by atoms with Crippen LogP contribution in [0.1, 0.15) is 19.3 Å². The number of aliphatic hydroxyl groups excluding tert-OH is 1. The van der Waals surface area contributed by atoms with Gasteiger partial charge < -0.3 is 10.4 Å². The Bertz CT molecular complexity index is 478. The number of halogens is 2. The number of nitrogens with zero attached hydrogens (tertiary/aromatic N) is 1. The van der Waals surface area contributed by atoms with Crippen LogP contribution in [0.2, 0.25) is 10.0 Å². The standard InChI is InChI=1S/C14H18Cl2N2O2/c15-10-4-5-12(16)13(8-10)17-14(20)9-18(6-7-19)11-2-1-3-11/h4-5,8,11,19H,1-3,6-7,9H2,(H,17,20). The zero-order valence-corrected chi connectivity index (χ0v) is 12.6. The molecule has 1 fully saturated rings. The molecule has 0 aromatic heterocycles. The van der Waals surface area contributed by atoms with E-state index in [0.29, 0.717) is 28.3 Å². The molecule has 6 heteroatoms. The Labute approximate surface area is 128 Å². The van der Waals surface area contributed by atoms with Crippen molar-refractivity contribution in [2.45, 2.75) is 25.3 Å². The fourth-order valence-corrected chi connectivity index (χ4v) is 2.58. The lowest BCUT2D eigenvalue weighted by Crippen LogP contribution is -2.45. The van der Waals surface area contributed by atoms with E-state index in [-0.39, 0.29) is 19.1 Å². The zero-order valence-electron chi connectivity index (χ0n) is 11.1. The topological polar surface area (TPSA) is 52.6 Å². The van der Waals surface area contributed by atoms with E-state index in [1.54, 1.807) is 18.2 Å². The Morgan fingerprint density at radius 1 is 1.40 bits per heavy atom. The third-order valence-electron chi connectivity index (χ3n) is 3.53. The van der Waals surface area contributed by atoms with Crippen LogP contribution >= 0.6 is 23.2 Å². The molecule has 0 radical (unpaired) electrons. The van der Waals surface area contributed by atoms with Crippen molar-refractivity contribution in [3.8, 4) is 0 Å². The Kier molecular flexibility index (Phi) is 5.66. The normalized spacial score (nSPS) is 15.2. The van der Waals surface area contributed by atoms with Crippen LogP contribution in [-0.4, -0.2) is 41.7 Å². The van der Waals surface area contributed by atoms with Crippen LogP contribution in [0.3, 0.4) is 0 Å². The molecule has 2 N–H and O–H groups in total. The lowest BCUT2D eigenvalue weighted by Gasteiger charge is -2.36. The summed E-state index contributed by atoms with van der Waals surface area (Å²) in [6, 6.07) is 5.35. The fourth-order valence-electron chi connectivity index (χ4n) is 2.24. The molecule has 2 rings (SSSR count). The van der Waals surface area contributed by atoms with Gasteiger partial charge in [0.15, 0.2) is 0 Å². The number of carbonyl (C=O) groups excluding carboxylic acids is 1. The monoisotopic (exact) mass is 316 g/mol. The first-order valence-corrected chi connectivity index (χ1v) is 7.45. The molecule has 1 amide bonds. The minimum absolute atomic E-state index is 0.0572. The third-order valence-corrected chi connectivity index (χ3v) is 4.09. The highest BCUT2D eigenvalue weighted by Gasteiger charge is 2.26. The van der Waals surface area contributed by atoms with Crippen molar-refractivity contribution in [3.05, 3.63) is 28.2 Å². The van der Waals surface area contributed by atoms with Crippen molar-refractivity contribution in [2.24, 2.45) is 0 Å². The zero-order chi connectivity index (χ0) is 14.5. The summed E-state index contributed by atoms with van der Waals surface area (Å²) in [6.45, 7) is 0.830. The first-order valence-electron chi connectivity index (χ1n) is 6.70. The van der Waals surface area contributed by atoms with E-state index >= 15 is 0 Å². The number of rotatable bonds is 6. The number of nitrogens with one attached hydrogen (secondary N) is 1. The van der Waals surface area contributed by atoms with E-state index in [2.05, 4.69) is 5.32 Å². The summed E-state index contributed by atoms with van der Waals surface area (Å²) in [5.74, 6) is -0.144. The molecule has 1 saturated carbocycles. The van der Waals surface area contributed by atoms with Crippen LogP contribution in [-0.2, 0) is 4.79 Å². The number of carbonyl (C=O) groups is 1. The minimum Gasteiger partial charge on any atom is -0.395 e. The largest absolute Gasteiger partial charge is 0.395 e. The van der Waals surface area contributed by atoms with Crippen LogP contribution in [0.15, 0.2) is 18.2 Å². The van der Waals surface area contributed by atoms with E-state index in [0.717, 1.165) is 12.8 Å². The molecule has 0 aliphatic heterocycles. The van der Waals surface area contributed by atoms with Crippen LogP contribution in [0.5, 0.6) is 0 Å². The summed E-state index contributed by atoms with van der Waals surface area (Å²) in [6.07, 6.45) is 3.37. The molecule has 1 aliphatic carbocycles. The number of amides is 1. The second-order valence-electron chi connectivity index (χ2n) is 4.95. The minimum atomic E-state index is -0.144. The Balaban J connectivity index is 1.94. The quantitative estimate of drug-likeness (QED) is 0.848. The number of hydrogen-bond acceptors (Lipinski definition) is 3. The van der Waals surface area contributed by atoms with Crippen LogP contribution < -0.4 is 5.32 Å². The van der Waals surface area contributed by atoms with Crippen molar-refractivity contribution in [1.82, 2.24) is 4.90 Å². The maximum absolute atomic E-state index is 12.1. The van der Waals surface area contributed by atoms with Gasteiger partial charge in [0, 0.05) is 17.6 Å². The van der Waals surface area contributed by atoms with Gasteiger partial charge in [-0.3, -0.25) is 9.69 Å². The summed E-state index contributed by atoms with van der Waals surface area (Å²) in [7, 11) is 0. The SMILES string of the molecule is O=C(CN(CCO)C1CCC1)Nc1cc(Cl)ccc1Cl. The van der Waals surface area contributed by atoms with Gasteiger partial charge in [-0.25, -0.2) is 0 Å². The van der Waals surface area contributed by atoms with E-state index in [1.807, 2.05) is 4.90 Å². The Morgan fingerprint density at radius 2 is 2.15 bits per heavy atom.